The Morgan fingerprint density at radius 1 is 0.608 bits per heavy atom. The Balaban J connectivity index is 0.000000216. The number of aliphatic hydroxyl groups excluding tert-OH is 4. The summed E-state index contributed by atoms with van der Waals surface area (Å²) in [5, 5.41) is 109. The first-order valence-corrected chi connectivity index (χ1v) is 32.5. The summed E-state index contributed by atoms with van der Waals surface area (Å²) >= 11 is 3.54. The Morgan fingerprint density at radius 2 is 1.02 bits per heavy atom. The quantitative estimate of drug-likeness (QED) is 0.0207. The van der Waals surface area contributed by atoms with Crippen LogP contribution in [0.25, 0.3) is 0 Å². The lowest BCUT2D eigenvalue weighted by Gasteiger charge is -2.42. The number of nitrogens with two attached hydrogens (primary N) is 1. The van der Waals surface area contributed by atoms with E-state index in [4.69, 9.17) is 39.0 Å². The number of phenols is 4. The van der Waals surface area contributed by atoms with Gasteiger partial charge < -0.3 is 94.8 Å². The average molecular weight is 1450 g/mol. The summed E-state index contributed by atoms with van der Waals surface area (Å²) in [6.45, 7) is 0.949. The summed E-state index contributed by atoms with van der Waals surface area (Å²) in [6, 6.07) is 7.88. The van der Waals surface area contributed by atoms with Crippen LogP contribution in [0.1, 0.15) is 183 Å². The van der Waals surface area contributed by atoms with Crippen molar-refractivity contribution in [1.82, 2.24) is 9.79 Å². The minimum atomic E-state index is -2.37. The van der Waals surface area contributed by atoms with Gasteiger partial charge in [0.25, 0.3) is 11.8 Å². The van der Waals surface area contributed by atoms with Crippen molar-refractivity contribution in [2.75, 3.05) is 34.5 Å². The van der Waals surface area contributed by atoms with Gasteiger partial charge in [-0.1, -0.05) is 37.1 Å². The van der Waals surface area contributed by atoms with Gasteiger partial charge in [-0.15, -0.1) is 5.06 Å². The van der Waals surface area contributed by atoms with Crippen molar-refractivity contribution < 1.29 is 147 Å². The number of thiol groups is 1. The number of hydroxylamine groups is 2. The molecule has 0 aromatic heterocycles. The molecular weight excluding hydrogens is 1370 g/mol. The molecule has 0 saturated carbocycles. The van der Waals surface area contributed by atoms with E-state index in [0.717, 1.165) is 0 Å². The van der Waals surface area contributed by atoms with Gasteiger partial charge in [0.1, 0.15) is 64.7 Å². The molecule has 33 nitrogen and oxygen atoms in total. The van der Waals surface area contributed by atoms with Crippen molar-refractivity contribution in [3.63, 3.8) is 0 Å². The largest absolute Gasteiger partial charge is 0.507 e. The zero-order valence-electron chi connectivity index (χ0n) is 55.5. The highest BCUT2D eigenvalue weighted by atomic mass is 32.1. The molecule has 4 aromatic carbocycles. The third-order valence-corrected chi connectivity index (χ3v) is 18.7. The second kappa shape index (κ2) is 31.3. The van der Waals surface area contributed by atoms with Crippen molar-refractivity contribution in [2.45, 2.75) is 164 Å². The third-order valence-electron chi connectivity index (χ3n) is 18.7. The zero-order valence-corrected chi connectivity index (χ0v) is 56.3. The number of aliphatic hydroxyl groups is 6. The molecule has 0 radical (unpaired) electrons. The van der Waals surface area contributed by atoms with E-state index in [1.54, 1.807) is 14.0 Å². The third kappa shape index (κ3) is 15.0. The van der Waals surface area contributed by atoms with Crippen LogP contribution in [0.15, 0.2) is 36.4 Å². The number of hydrogen-bond donors (Lipinski definition) is 13. The molecule has 4 aliphatic heterocycles. The van der Waals surface area contributed by atoms with Crippen LogP contribution in [0.3, 0.4) is 0 Å². The van der Waals surface area contributed by atoms with Gasteiger partial charge in [0.2, 0.25) is 11.6 Å². The molecule has 2 amide bonds. The number of methoxy groups -OCH3 is 2. The number of cyclic esters (lactones) is 2. The van der Waals surface area contributed by atoms with E-state index < -0.39 is 233 Å². The number of hydrogen-bond acceptors (Lipinski definition) is 33. The fourth-order valence-corrected chi connectivity index (χ4v) is 13.6. The van der Waals surface area contributed by atoms with E-state index in [0.29, 0.717) is 5.06 Å². The first-order valence-electron chi connectivity index (χ1n) is 32.1. The summed E-state index contributed by atoms with van der Waals surface area (Å²) in [5.74, 6) is -12.4. The van der Waals surface area contributed by atoms with Gasteiger partial charge in [0, 0.05) is 104 Å². The minimum absolute atomic E-state index is 0.0173. The number of fused-ring (bicyclic) bond motifs is 6. The van der Waals surface area contributed by atoms with Crippen LogP contribution in [0.4, 0.5) is 0 Å². The summed E-state index contributed by atoms with van der Waals surface area (Å²) < 4.78 is 40.9. The predicted octanol–water partition coefficient (Wildman–Crippen LogP) is 0.539. The molecule has 0 spiro atoms. The minimum Gasteiger partial charge on any atom is -0.507 e. The van der Waals surface area contributed by atoms with Gasteiger partial charge in [0.15, 0.2) is 35.7 Å². The van der Waals surface area contributed by atoms with Crippen molar-refractivity contribution in [3.05, 3.63) is 103 Å². The predicted molar refractivity (Wildman–Crippen MR) is 343 cm³/mol. The summed E-state index contributed by atoms with van der Waals surface area (Å²) in [4.78, 5) is 154. The van der Waals surface area contributed by atoms with Crippen LogP contribution in [-0.2, 0) is 79.7 Å². The van der Waals surface area contributed by atoms with E-state index in [2.05, 4.69) is 22.3 Å². The number of nitrogens with one attached hydrogen (secondary N) is 1. The zero-order chi connectivity index (χ0) is 74.9. The molecule has 12 rings (SSSR count). The number of phenolic OH excluding ortho intramolecular Hbond substituents is 4. The summed E-state index contributed by atoms with van der Waals surface area (Å²) in [6.07, 6.45) is -12.2. The van der Waals surface area contributed by atoms with Gasteiger partial charge >= 0.3 is 17.9 Å². The fraction of sp³-hybridized carbons (Fsp3) is 0.471. The van der Waals surface area contributed by atoms with Crippen molar-refractivity contribution in [2.24, 2.45) is 11.7 Å². The number of ketones is 7. The van der Waals surface area contributed by atoms with Crippen molar-refractivity contribution >= 4 is 83.0 Å². The van der Waals surface area contributed by atoms with Gasteiger partial charge in [0.05, 0.1) is 103 Å². The number of carbonyl (C=O) groups is 12. The highest BCUT2D eigenvalue weighted by Crippen LogP contribution is 2.55. The van der Waals surface area contributed by atoms with Gasteiger partial charge in [-0.05, 0) is 38.9 Å². The lowest BCUT2D eigenvalue weighted by Crippen LogP contribution is -2.53. The van der Waals surface area contributed by atoms with Crippen LogP contribution in [0.5, 0.6) is 34.5 Å². The number of carbonyl (C=O) groups excluding carboxylic acids is 12. The molecule has 4 saturated heterocycles. The molecule has 102 heavy (non-hydrogen) atoms. The first kappa shape index (κ1) is 77.2. The molecular formula is C68H75N3O30S. The van der Waals surface area contributed by atoms with Crippen LogP contribution in [0.2, 0.25) is 0 Å². The second-order valence-corrected chi connectivity index (χ2v) is 25.7. The topological polar surface area (TPSA) is 522 Å². The monoisotopic (exact) mass is 1450 g/mol. The molecule has 2 unspecified atom stereocenters. The van der Waals surface area contributed by atoms with Crippen LogP contribution >= 0.6 is 12.8 Å². The van der Waals surface area contributed by atoms with Crippen LogP contribution in [0, 0.1) is 5.92 Å². The molecule has 4 aliphatic carbocycles. The number of ether oxygens (including phenoxy) is 7. The normalized spacial score (nSPS) is 26.7. The number of imide groups is 1. The van der Waals surface area contributed by atoms with Crippen molar-refractivity contribution in [3.8, 4) is 34.5 Å². The SMILES string of the molecule is CNS.COc1cccc2c1C(=O)c1c(O)c3c(c(O)c1C2=O)C[C@@](O)(C(=O)CO)C[C@@H]3OC1C[C@H](CC(=O)CCC(=O)ON2C(=O)CCC2=O)[C@H](O)[C@H](C)O1.COc1cccc2c1C(=O)c1c(O)c3c(c(O)c1C2=O)C[C@@](O)(C(=O)CO)C[C@@H]3OC1C[C@H](N)[C@H](O)[C@H](C)O1.O=C1CCC(=O)O1. The smallest absolute Gasteiger partial charge is 0.333 e. The van der Waals surface area contributed by atoms with Crippen LogP contribution in [-0.4, -0.2) is 215 Å². The van der Waals surface area contributed by atoms with E-state index in [1.807, 2.05) is 0 Å². The van der Waals surface area contributed by atoms with Gasteiger partial charge in [-0.3, -0.25) is 57.5 Å². The Hall–Kier alpha value is -9.01. The number of aromatic hydroxyl groups is 4. The maximum atomic E-state index is 13.9. The molecule has 548 valence electrons. The standard InChI is InChI=1S/C36H37NO16.C27H29NO11.C4H4O3.CH5NS/c1-15-31(44)16(10-17(39)6-9-25(43)53-37-23(41)7-8-24(37)42)11-26(51-15)52-21-13-36(49,22(40)14-38)12-19-28(21)35(48)30-29(33(19)46)32(45)18-4-3-5-20(50-2)27(18)34(30)47;1-10-22(31)13(28)6-17(38-10)39-15-8-27(36,16(30)9-29)7-12-19(15)26(35)21-20(24(12)33)23(32)11-4-3-5-14(37-2)18(11)25(21)34;5-3-1-2-4(6)7-3;1-2-3/h3-5,15-16,21,26,31,38,44,46,48-49H,6-14H2,1-2H3;3-5,10,13,15,17,22,29,31,33,35-36H,6-9,28H2,1-2H3;1-2H2;2-3H,1H3/t15-,16-,21-,26?,31+,36-;10-,13-,15-,17?,22+,27-;;/m00../s1. The summed E-state index contributed by atoms with van der Waals surface area (Å²) in [7, 11) is 4.35. The molecule has 12 atom stereocenters. The molecule has 4 fully saturated rings. The Morgan fingerprint density at radius 3 is 1.41 bits per heavy atom. The Kier molecular flexibility index (Phi) is 23.7. The number of rotatable bonds is 16. The van der Waals surface area contributed by atoms with Gasteiger partial charge in [-0.2, -0.15) is 0 Å². The Bertz CT molecular complexity index is 4080. The number of benzene rings is 4. The molecule has 34 heteroatoms. The lowest BCUT2D eigenvalue weighted by atomic mass is 9.72. The number of esters is 2. The molecule has 13 N–H and O–H groups in total. The maximum Gasteiger partial charge on any atom is 0.333 e. The molecule has 8 aliphatic rings. The average Bonchev–Trinajstić information content (AvgIpc) is 0.772. The lowest BCUT2D eigenvalue weighted by molar-refractivity contribution is -0.257. The summed E-state index contributed by atoms with van der Waals surface area (Å²) in [5.41, 5.74) is -1.88. The van der Waals surface area contributed by atoms with E-state index in [9.17, 15) is 109 Å². The second-order valence-electron chi connectivity index (χ2n) is 25.3. The number of amides is 2. The molecule has 4 heterocycles. The maximum absolute atomic E-state index is 13.9. The molecule has 4 aromatic rings. The van der Waals surface area contributed by atoms with E-state index >= 15 is 0 Å². The van der Waals surface area contributed by atoms with E-state index in [1.165, 1.54) is 57.5 Å². The highest BCUT2D eigenvalue weighted by molar-refractivity contribution is 7.78. The van der Waals surface area contributed by atoms with Crippen molar-refractivity contribution in [1.29, 1.82) is 0 Å². The van der Waals surface area contributed by atoms with Crippen LogP contribution < -0.4 is 19.9 Å². The Labute approximate surface area is 584 Å². The highest BCUT2D eigenvalue weighted by Gasteiger charge is 2.53. The first-order chi connectivity index (χ1) is 48.2. The fourth-order valence-electron chi connectivity index (χ4n) is 13.6. The number of Topliss-reactive ketones (excluding diaryl/α,β-unsaturated/α-hetero) is 3. The van der Waals surface area contributed by atoms with Gasteiger partial charge in [-0.25, -0.2) is 4.79 Å². The number of nitrogens with zero attached hydrogens (tertiary/aromatic N) is 1. The molecule has 0 bridgehead atoms. The van der Waals surface area contributed by atoms with E-state index in [-0.39, 0.29) is 107 Å².